The van der Waals surface area contributed by atoms with Crippen molar-refractivity contribution in [1.29, 1.82) is 0 Å². The summed E-state index contributed by atoms with van der Waals surface area (Å²) in [4.78, 5) is 11.9. The molecule has 1 saturated carbocycles. The molecule has 1 aromatic carbocycles. The Morgan fingerprint density at radius 3 is 2.44 bits per heavy atom. The van der Waals surface area contributed by atoms with Gasteiger partial charge in [-0.2, -0.15) is 0 Å². The maximum Gasteiger partial charge on any atom is 0.131 e. The Kier molecular flexibility index (Phi) is 6.65. The molecule has 0 heterocycles. The first-order valence-corrected chi connectivity index (χ1v) is 9.97. The van der Waals surface area contributed by atoms with Crippen molar-refractivity contribution in [3.63, 3.8) is 0 Å². The first-order valence-electron chi connectivity index (χ1n) is 9.97. The molecule has 0 spiro atoms. The van der Waals surface area contributed by atoms with Crippen molar-refractivity contribution in [3.8, 4) is 0 Å². The average Bonchev–Trinajstić information content (AvgIpc) is 2.52. The molecule has 0 unspecified atom stereocenters. The minimum absolute atomic E-state index is 0.207. The number of hydrogen-bond acceptors (Lipinski definition) is 1. The molecule has 1 fully saturated rings. The molecular formula is C24H36O. The molecule has 1 nitrogen and oxygen atoms in total. The number of rotatable bonds is 6. The summed E-state index contributed by atoms with van der Waals surface area (Å²) in [6, 6.07) is 8.68. The van der Waals surface area contributed by atoms with Gasteiger partial charge in [-0.05, 0) is 55.9 Å². The third kappa shape index (κ3) is 5.30. The molecule has 0 aromatic heterocycles. The summed E-state index contributed by atoms with van der Waals surface area (Å²) < 4.78 is 0. The van der Waals surface area contributed by atoms with Gasteiger partial charge in [-0.1, -0.05) is 76.1 Å². The molecule has 0 radical (unpaired) electrons. The van der Waals surface area contributed by atoms with Crippen LogP contribution in [0.1, 0.15) is 71.4 Å². The minimum Gasteiger partial charge on any atom is -0.300 e. The van der Waals surface area contributed by atoms with Crippen molar-refractivity contribution in [2.45, 2.75) is 72.6 Å². The van der Waals surface area contributed by atoms with E-state index < -0.39 is 0 Å². The van der Waals surface area contributed by atoms with Crippen molar-refractivity contribution < 1.29 is 4.79 Å². The standard InChI is InChI=1S/C24H36O/c1-17(2)23-12-9-19(4)15-21(23)13-14-24(6,16-20(5)25)22-10-7-18(3)8-11-22/h7-8,10-11,13-14,17,19,21,23H,9,12,15-16H2,1-6H3/b14-13+/t19-,21-,23+,24-/m1/s1. The van der Waals surface area contributed by atoms with Crippen LogP contribution >= 0.6 is 0 Å². The minimum atomic E-state index is -0.207. The van der Waals surface area contributed by atoms with Crippen LogP contribution in [0.5, 0.6) is 0 Å². The van der Waals surface area contributed by atoms with Crippen LogP contribution in [0.4, 0.5) is 0 Å². The molecule has 1 aliphatic rings. The fourth-order valence-electron chi connectivity index (χ4n) is 4.54. The lowest BCUT2D eigenvalue weighted by Crippen LogP contribution is -2.28. The topological polar surface area (TPSA) is 17.1 Å². The molecule has 0 aliphatic heterocycles. The highest BCUT2D eigenvalue weighted by molar-refractivity contribution is 5.77. The van der Waals surface area contributed by atoms with Gasteiger partial charge >= 0.3 is 0 Å². The molecule has 1 aromatic rings. The Hall–Kier alpha value is -1.37. The molecule has 25 heavy (non-hydrogen) atoms. The van der Waals surface area contributed by atoms with E-state index in [1.807, 2.05) is 0 Å². The van der Waals surface area contributed by atoms with E-state index in [0.717, 1.165) is 17.8 Å². The fourth-order valence-corrected chi connectivity index (χ4v) is 4.54. The Morgan fingerprint density at radius 2 is 1.88 bits per heavy atom. The zero-order valence-corrected chi connectivity index (χ0v) is 17.0. The maximum absolute atomic E-state index is 11.9. The van der Waals surface area contributed by atoms with Gasteiger partial charge < -0.3 is 0 Å². The van der Waals surface area contributed by atoms with E-state index in [-0.39, 0.29) is 11.2 Å². The van der Waals surface area contributed by atoms with Crippen LogP contribution in [0.3, 0.4) is 0 Å². The van der Waals surface area contributed by atoms with Gasteiger partial charge in [0.2, 0.25) is 0 Å². The van der Waals surface area contributed by atoms with Gasteiger partial charge in [-0.25, -0.2) is 0 Å². The molecule has 0 amide bonds. The summed E-state index contributed by atoms with van der Waals surface area (Å²) in [5.41, 5.74) is 2.30. The summed E-state index contributed by atoms with van der Waals surface area (Å²) in [5.74, 6) is 3.20. The second-order valence-corrected chi connectivity index (χ2v) is 9.01. The summed E-state index contributed by atoms with van der Waals surface area (Å²) in [6.07, 6.45) is 9.34. The van der Waals surface area contributed by atoms with Crippen LogP contribution in [-0.2, 0) is 10.2 Å². The van der Waals surface area contributed by atoms with Gasteiger partial charge in [0.1, 0.15) is 5.78 Å². The normalized spacial score (nSPS) is 26.8. The lowest BCUT2D eigenvalue weighted by Gasteiger charge is -2.36. The van der Waals surface area contributed by atoms with Crippen LogP contribution in [0, 0.1) is 30.6 Å². The highest BCUT2D eigenvalue weighted by atomic mass is 16.1. The van der Waals surface area contributed by atoms with Gasteiger partial charge in [0, 0.05) is 11.8 Å². The number of Topliss-reactive ketones (excluding diaryl/α,β-unsaturated/α-hetero) is 1. The van der Waals surface area contributed by atoms with Crippen LogP contribution in [0.15, 0.2) is 36.4 Å². The molecule has 0 N–H and O–H groups in total. The Morgan fingerprint density at radius 1 is 1.24 bits per heavy atom. The second kappa shape index (κ2) is 8.34. The number of aryl methyl sites for hydroxylation is 1. The zero-order chi connectivity index (χ0) is 18.6. The van der Waals surface area contributed by atoms with Crippen molar-refractivity contribution in [3.05, 3.63) is 47.5 Å². The largest absolute Gasteiger partial charge is 0.300 e. The van der Waals surface area contributed by atoms with E-state index in [0.29, 0.717) is 12.3 Å². The summed E-state index contributed by atoms with van der Waals surface area (Å²) in [6.45, 7) is 13.1. The van der Waals surface area contributed by atoms with E-state index >= 15 is 0 Å². The van der Waals surface area contributed by atoms with Gasteiger partial charge in [-0.15, -0.1) is 0 Å². The summed E-state index contributed by atoms with van der Waals surface area (Å²) in [7, 11) is 0. The van der Waals surface area contributed by atoms with Crippen LogP contribution in [0.25, 0.3) is 0 Å². The van der Waals surface area contributed by atoms with Crippen molar-refractivity contribution in [2.75, 3.05) is 0 Å². The fraction of sp³-hybridized carbons (Fsp3) is 0.625. The third-order valence-electron chi connectivity index (χ3n) is 6.11. The van der Waals surface area contributed by atoms with Crippen LogP contribution in [0.2, 0.25) is 0 Å². The summed E-state index contributed by atoms with van der Waals surface area (Å²) >= 11 is 0. The van der Waals surface area contributed by atoms with Crippen LogP contribution in [-0.4, -0.2) is 5.78 Å². The molecule has 1 heteroatoms. The van der Waals surface area contributed by atoms with E-state index in [4.69, 9.17) is 0 Å². The number of hydrogen-bond donors (Lipinski definition) is 0. The van der Waals surface area contributed by atoms with Gasteiger partial charge in [0.25, 0.3) is 0 Å². The number of ketones is 1. The monoisotopic (exact) mass is 340 g/mol. The lowest BCUT2D eigenvalue weighted by molar-refractivity contribution is -0.117. The zero-order valence-electron chi connectivity index (χ0n) is 17.0. The van der Waals surface area contributed by atoms with Gasteiger partial charge in [0.05, 0.1) is 0 Å². The maximum atomic E-state index is 11.9. The SMILES string of the molecule is CC(=O)C[C@@](C)(/C=C/[C@@H]1C[C@H](C)CC[C@H]1C(C)C)c1ccc(C)cc1. The highest BCUT2D eigenvalue weighted by Crippen LogP contribution is 2.40. The Bertz CT molecular complexity index is 595. The average molecular weight is 341 g/mol. The van der Waals surface area contributed by atoms with Crippen molar-refractivity contribution in [2.24, 2.45) is 23.7 Å². The second-order valence-electron chi connectivity index (χ2n) is 9.01. The quantitative estimate of drug-likeness (QED) is 0.540. The Labute approximate surface area is 154 Å². The Balaban J connectivity index is 2.29. The molecule has 138 valence electrons. The smallest absolute Gasteiger partial charge is 0.131 e. The highest BCUT2D eigenvalue weighted by Gasteiger charge is 2.31. The molecule has 1 aliphatic carbocycles. The lowest BCUT2D eigenvalue weighted by atomic mass is 9.69. The molecule has 0 saturated heterocycles. The summed E-state index contributed by atoms with van der Waals surface area (Å²) in [5, 5.41) is 0. The number of carbonyl (C=O) groups is 1. The van der Waals surface area contributed by atoms with Gasteiger partial charge in [-0.3, -0.25) is 4.79 Å². The number of carbonyl (C=O) groups excluding carboxylic acids is 1. The molecule has 2 rings (SSSR count). The van der Waals surface area contributed by atoms with E-state index in [9.17, 15) is 4.79 Å². The predicted octanol–water partition coefficient (Wildman–Crippen LogP) is 6.50. The number of allylic oxidation sites excluding steroid dienone is 2. The molecule has 4 atom stereocenters. The predicted molar refractivity (Wildman–Crippen MR) is 108 cm³/mol. The number of benzene rings is 1. The van der Waals surface area contributed by atoms with Crippen molar-refractivity contribution >= 4 is 5.78 Å². The first kappa shape index (κ1) is 19.9. The molecule has 0 bridgehead atoms. The van der Waals surface area contributed by atoms with Gasteiger partial charge in [0.15, 0.2) is 0 Å². The van der Waals surface area contributed by atoms with E-state index in [1.54, 1.807) is 6.92 Å². The molecular weight excluding hydrogens is 304 g/mol. The van der Waals surface area contributed by atoms with Crippen molar-refractivity contribution in [1.82, 2.24) is 0 Å². The third-order valence-corrected chi connectivity index (χ3v) is 6.11. The van der Waals surface area contributed by atoms with E-state index in [1.165, 1.54) is 30.4 Å². The van der Waals surface area contributed by atoms with E-state index in [2.05, 4.69) is 71.0 Å². The first-order chi connectivity index (χ1) is 11.7. The van der Waals surface area contributed by atoms with Crippen LogP contribution < -0.4 is 0 Å².